The molecule has 1 aromatic carbocycles. The highest BCUT2D eigenvalue weighted by atomic mass is 35.5. The van der Waals surface area contributed by atoms with Crippen molar-refractivity contribution in [2.75, 3.05) is 19.7 Å². The molecule has 0 radical (unpaired) electrons. The topological polar surface area (TPSA) is 141 Å². The maximum absolute atomic E-state index is 13.9. The van der Waals surface area contributed by atoms with E-state index in [1.165, 1.54) is 0 Å². The second kappa shape index (κ2) is 10.5. The molecule has 208 valence electrons. The van der Waals surface area contributed by atoms with Crippen molar-refractivity contribution in [3.8, 4) is 5.75 Å². The molecule has 2 saturated carbocycles. The minimum Gasteiger partial charge on any atom is -0.490 e. The van der Waals surface area contributed by atoms with E-state index in [4.69, 9.17) is 16.3 Å². The van der Waals surface area contributed by atoms with Gasteiger partial charge >= 0.3 is 0 Å². The molecule has 10 nitrogen and oxygen atoms in total. The van der Waals surface area contributed by atoms with E-state index in [-0.39, 0.29) is 36.2 Å². The number of amides is 3. The van der Waals surface area contributed by atoms with Crippen molar-refractivity contribution in [3.63, 3.8) is 0 Å². The Kier molecular flexibility index (Phi) is 7.01. The van der Waals surface area contributed by atoms with Crippen molar-refractivity contribution in [1.82, 2.24) is 20.5 Å². The summed E-state index contributed by atoms with van der Waals surface area (Å²) in [5.74, 6) is -1.00. The van der Waals surface area contributed by atoms with Crippen LogP contribution >= 0.6 is 11.6 Å². The van der Waals surface area contributed by atoms with Crippen LogP contribution in [-0.2, 0) is 14.4 Å². The van der Waals surface area contributed by atoms with Gasteiger partial charge in [-0.3, -0.25) is 19.2 Å². The number of ether oxygens (including phenoxy) is 1. The van der Waals surface area contributed by atoms with E-state index in [2.05, 4.69) is 15.6 Å². The van der Waals surface area contributed by atoms with Gasteiger partial charge in [0.05, 0.1) is 17.7 Å². The highest BCUT2D eigenvalue weighted by Crippen LogP contribution is 2.43. The fraction of sp³-hybridized carbons (Fsp3) is 0.571. The lowest BCUT2D eigenvalue weighted by Crippen LogP contribution is -2.53. The van der Waals surface area contributed by atoms with Crippen LogP contribution in [0.15, 0.2) is 18.2 Å². The third-order valence-corrected chi connectivity index (χ3v) is 8.90. The first-order chi connectivity index (χ1) is 18.8. The summed E-state index contributed by atoms with van der Waals surface area (Å²) in [6.45, 7) is 0.240. The average Bonchev–Trinajstić information content (AvgIpc) is 3.25. The van der Waals surface area contributed by atoms with Gasteiger partial charge in [0.25, 0.3) is 5.91 Å². The van der Waals surface area contributed by atoms with Gasteiger partial charge in [0.1, 0.15) is 24.1 Å². The molecule has 0 spiro atoms. The van der Waals surface area contributed by atoms with Gasteiger partial charge in [-0.1, -0.05) is 18.0 Å². The van der Waals surface area contributed by atoms with Crippen LogP contribution in [0, 0.1) is 17.8 Å². The van der Waals surface area contributed by atoms with Crippen molar-refractivity contribution >= 4 is 46.0 Å². The number of carbonyl (C=O) groups excluding carboxylic acids is 4. The molecule has 1 aromatic heterocycles. The SMILES string of the molecule is O=C1NCCC1CC(NC(=O)C1C2CCCC2CN1C(=O)c1cc2c(OC3CC3)cc(Cl)cc2[nH]1)C(=O)CO. The van der Waals surface area contributed by atoms with Crippen molar-refractivity contribution in [1.29, 1.82) is 0 Å². The number of Topliss-reactive ketones (excluding diaryl/α,β-unsaturated/α-hetero) is 1. The summed E-state index contributed by atoms with van der Waals surface area (Å²) < 4.78 is 6.02. The molecule has 4 aliphatic rings. The number of nitrogens with zero attached hydrogens (tertiary/aromatic N) is 1. The Morgan fingerprint density at radius 1 is 1.15 bits per heavy atom. The number of aliphatic hydroxyl groups excluding tert-OH is 1. The van der Waals surface area contributed by atoms with Gasteiger partial charge in [0.2, 0.25) is 11.8 Å². The number of rotatable bonds is 9. The zero-order chi connectivity index (χ0) is 27.3. The normalized spacial score (nSPS) is 26.9. The first-order valence-electron chi connectivity index (χ1n) is 13.8. The lowest BCUT2D eigenvalue weighted by atomic mass is 9.92. The van der Waals surface area contributed by atoms with Gasteiger partial charge < -0.3 is 30.4 Å². The second-order valence-electron chi connectivity index (χ2n) is 11.3. The lowest BCUT2D eigenvalue weighted by Gasteiger charge is -2.29. The third kappa shape index (κ3) is 5.12. The molecule has 2 aliphatic carbocycles. The highest BCUT2D eigenvalue weighted by molar-refractivity contribution is 6.31. The van der Waals surface area contributed by atoms with E-state index in [1.54, 1.807) is 23.1 Å². The van der Waals surface area contributed by atoms with Crippen LogP contribution in [-0.4, -0.2) is 76.4 Å². The maximum Gasteiger partial charge on any atom is 0.271 e. The summed E-state index contributed by atoms with van der Waals surface area (Å²) in [6, 6.07) is 3.52. The zero-order valence-electron chi connectivity index (χ0n) is 21.6. The predicted octanol–water partition coefficient (Wildman–Crippen LogP) is 2.18. The molecule has 6 rings (SSSR count). The number of halogens is 1. The molecule has 4 fully saturated rings. The molecular weight excluding hydrogens is 524 g/mol. The van der Waals surface area contributed by atoms with Crippen LogP contribution < -0.4 is 15.4 Å². The van der Waals surface area contributed by atoms with E-state index < -0.39 is 36.3 Å². The molecule has 2 saturated heterocycles. The van der Waals surface area contributed by atoms with Crippen LogP contribution in [0.2, 0.25) is 5.02 Å². The summed E-state index contributed by atoms with van der Waals surface area (Å²) in [6.07, 6.45) is 5.56. The van der Waals surface area contributed by atoms with Crippen molar-refractivity contribution in [2.24, 2.45) is 17.8 Å². The molecule has 11 heteroatoms. The summed E-state index contributed by atoms with van der Waals surface area (Å²) in [7, 11) is 0. The molecule has 2 aromatic rings. The largest absolute Gasteiger partial charge is 0.490 e. The Labute approximate surface area is 230 Å². The minimum absolute atomic E-state index is 0.0128. The van der Waals surface area contributed by atoms with E-state index >= 15 is 0 Å². The highest BCUT2D eigenvalue weighted by Gasteiger charge is 2.50. The maximum atomic E-state index is 13.9. The van der Waals surface area contributed by atoms with Gasteiger partial charge in [-0.15, -0.1) is 0 Å². The van der Waals surface area contributed by atoms with Gasteiger partial charge in [-0.05, 0) is 68.6 Å². The molecule has 3 heterocycles. The number of likely N-dealkylation sites (tertiary alicyclic amines) is 1. The van der Waals surface area contributed by atoms with Gasteiger partial charge in [-0.2, -0.15) is 0 Å². The average molecular weight is 557 g/mol. The molecule has 5 unspecified atom stereocenters. The van der Waals surface area contributed by atoms with Gasteiger partial charge in [0.15, 0.2) is 5.78 Å². The first-order valence-corrected chi connectivity index (χ1v) is 14.2. The molecule has 3 amide bonds. The number of aromatic nitrogens is 1. The second-order valence-corrected chi connectivity index (χ2v) is 11.8. The van der Waals surface area contributed by atoms with Crippen molar-refractivity contribution in [3.05, 3.63) is 28.9 Å². The fourth-order valence-electron chi connectivity index (χ4n) is 6.55. The number of aromatic amines is 1. The molecule has 0 bridgehead atoms. The molecule has 39 heavy (non-hydrogen) atoms. The number of hydrogen-bond acceptors (Lipinski definition) is 6. The van der Waals surface area contributed by atoms with Crippen LogP contribution in [0.5, 0.6) is 5.75 Å². The summed E-state index contributed by atoms with van der Waals surface area (Å²) in [5.41, 5.74) is 1.03. The standard InChI is InChI=1S/C28H33ClN4O6/c29-16-9-20-19(24(10-16)39-17-4-5-17)11-22(31-20)28(38)33-12-15-2-1-3-18(15)25(33)27(37)32-21(23(35)13-34)8-14-6-7-30-26(14)36/h9-11,14-15,17-18,21,25,31,34H,1-8,12-13H2,(H,30,36)(H,32,37). The summed E-state index contributed by atoms with van der Waals surface area (Å²) >= 11 is 6.31. The number of hydrogen-bond donors (Lipinski definition) is 4. The van der Waals surface area contributed by atoms with Crippen LogP contribution in [0.25, 0.3) is 10.9 Å². The molecule has 5 atom stereocenters. The van der Waals surface area contributed by atoms with E-state index in [0.29, 0.717) is 41.5 Å². The third-order valence-electron chi connectivity index (χ3n) is 8.68. The van der Waals surface area contributed by atoms with Crippen LogP contribution in [0.3, 0.4) is 0 Å². The number of nitrogens with one attached hydrogen (secondary N) is 3. The number of H-pyrrole nitrogens is 1. The van der Waals surface area contributed by atoms with Crippen molar-refractivity contribution in [2.45, 2.75) is 63.1 Å². The fourth-order valence-corrected chi connectivity index (χ4v) is 6.75. The minimum atomic E-state index is -0.994. The van der Waals surface area contributed by atoms with Crippen LogP contribution in [0.1, 0.15) is 55.4 Å². The number of aliphatic hydroxyl groups is 1. The Morgan fingerprint density at radius 2 is 1.97 bits per heavy atom. The Hall–Kier alpha value is -3.11. The summed E-state index contributed by atoms with van der Waals surface area (Å²) in [4.78, 5) is 57.1. The van der Waals surface area contributed by atoms with Crippen molar-refractivity contribution < 1.29 is 29.0 Å². The number of carbonyl (C=O) groups is 4. The summed E-state index contributed by atoms with van der Waals surface area (Å²) in [5, 5.41) is 16.4. The first kappa shape index (κ1) is 26.1. The smallest absolute Gasteiger partial charge is 0.271 e. The van der Waals surface area contributed by atoms with Gasteiger partial charge in [-0.25, -0.2) is 0 Å². The quantitative estimate of drug-likeness (QED) is 0.373. The molecule has 2 aliphatic heterocycles. The Morgan fingerprint density at radius 3 is 2.69 bits per heavy atom. The van der Waals surface area contributed by atoms with Crippen LogP contribution in [0.4, 0.5) is 0 Å². The Balaban J connectivity index is 1.25. The predicted molar refractivity (Wildman–Crippen MR) is 142 cm³/mol. The van der Waals surface area contributed by atoms with E-state index in [1.807, 2.05) is 0 Å². The monoisotopic (exact) mass is 556 g/mol. The lowest BCUT2D eigenvalue weighted by molar-refractivity contribution is -0.133. The Bertz CT molecular complexity index is 1320. The van der Waals surface area contributed by atoms with E-state index in [0.717, 1.165) is 37.5 Å². The van der Waals surface area contributed by atoms with Gasteiger partial charge in [0, 0.05) is 29.4 Å². The number of ketones is 1. The zero-order valence-corrected chi connectivity index (χ0v) is 22.3. The van der Waals surface area contributed by atoms with E-state index in [9.17, 15) is 24.3 Å². The molecule has 4 N–H and O–H groups in total. The number of benzene rings is 1. The number of fused-ring (bicyclic) bond motifs is 2. The molecular formula is C28H33ClN4O6.